The standard InChI is InChI=1S/C26H28ClN3O9/c1-16(31)28(5)15-20(32)38-24(23(35)36)39-25(37)29(21(33)18-11-13-19(27)14-12-18)30(26(2,3)4)22(34)17-9-7-6-8-10-17/h6-14,24H,15H2,1-5H3,(H,35,36). The van der Waals surface area contributed by atoms with Gasteiger partial charge in [-0.3, -0.25) is 19.2 Å². The normalized spacial score (nSPS) is 11.5. The Morgan fingerprint density at radius 3 is 1.90 bits per heavy atom. The van der Waals surface area contributed by atoms with Gasteiger partial charge in [-0.25, -0.2) is 14.6 Å². The van der Waals surface area contributed by atoms with Crippen LogP contribution >= 0.6 is 11.6 Å². The molecule has 2 aromatic carbocycles. The quantitative estimate of drug-likeness (QED) is 0.305. The molecule has 0 saturated heterocycles. The summed E-state index contributed by atoms with van der Waals surface area (Å²) in [6, 6.07) is 13.1. The number of carbonyl (C=O) groups is 6. The first-order valence-electron chi connectivity index (χ1n) is 11.5. The molecule has 1 N–H and O–H groups in total. The van der Waals surface area contributed by atoms with Crippen molar-refractivity contribution < 1.29 is 43.3 Å². The predicted molar refractivity (Wildman–Crippen MR) is 137 cm³/mol. The maximum absolute atomic E-state index is 13.6. The van der Waals surface area contributed by atoms with Crippen LogP contribution in [-0.2, 0) is 23.9 Å². The molecule has 39 heavy (non-hydrogen) atoms. The number of hydrogen-bond donors (Lipinski definition) is 1. The van der Waals surface area contributed by atoms with E-state index in [1.165, 1.54) is 71.1 Å². The Morgan fingerprint density at radius 2 is 1.41 bits per heavy atom. The molecule has 2 aromatic rings. The minimum atomic E-state index is -2.50. The van der Waals surface area contributed by atoms with Crippen molar-refractivity contribution >= 4 is 47.4 Å². The number of esters is 1. The number of halogens is 1. The molecule has 0 radical (unpaired) electrons. The van der Waals surface area contributed by atoms with Crippen molar-refractivity contribution in [3.05, 3.63) is 70.7 Å². The summed E-state index contributed by atoms with van der Waals surface area (Å²) in [6.07, 6.45) is -4.12. The Labute approximate surface area is 229 Å². The first-order chi connectivity index (χ1) is 18.1. The van der Waals surface area contributed by atoms with Gasteiger partial charge < -0.3 is 19.5 Å². The molecule has 0 fully saturated rings. The molecule has 1 atom stereocenters. The number of likely N-dealkylation sites (N-methyl/N-ethyl adjacent to an activating group) is 1. The monoisotopic (exact) mass is 561 g/mol. The number of rotatable bonds is 7. The van der Waals surface area contributed by atoms with Gasteiger partial charge in [0.1, 0.15) is 6.54 Å². The zero-order valence-corrected chi connectivity index (χ0v) is 22.7. The molecular formula is C26H28ClN3O9. The number of carboxylic acid groups (broad SMARTS) is 1. The summed E-state index contributed by atoms with van der Waals surface area (Å²) in [6.45, 7) is 5.15. The molecule has 12 nitrogen and oxygen atoms in total. The number of ether oxygens (including phenoxy) is 2. The van der Waals surface area contributed by atoms with Crippen molar-refractivity contribution in [3.8, 4) is 0 Å². The third kappa shape index (κ3) is 8.27. The Balaban J connectivity index is 2.52. The number of carbonyl (C=O) groups excluding carboxylic acids is 5. The average Bonchev–Trinajstić information content (AvgIpc) is 2.86. The highest BCUT2D eigenvalue weighted by molar-refractivity contribution is 6.30. The number of aliphatic carboxylic acids is 1. The van der Waals surface area contributed by atoms with Gasteiger partial charge in [0.2, 0.25) is 5.91 Å². The highest BCUT2D eigenvalue weighted by atomic mass is 35.5. The van der Waals surface area contributed by atoms with Crippen LogP contribution in [0.15, 0.2) is 54.6 Å². The number of nitrogens with zero attached hydrogens (tertiary/aromatic N) is 3. The second kappa shape index (κ2) is 12.9. The van der Waals surface area contributed by atoms with Gasteiger partial charge in [0.25, 0.3) is 11.8 Å². The van der Waals surface area contributed by atoms with E-state index >= 15 is 0 Å². The van der Waals surface area contributed by atoms with Crippen molar-refractivity contribution in [2.75, 3.05) is 13.6 Å². The van der Waals surface area contributed by atoms with Gasteiger partial charge in [0, 0.05) is 30.1 Å². The molecule has 208 valence electrons. The molecule has 13 heteroatoms. The van der Waals surface area contributed by atoms with E-state index in [9.17, 15) is 33.9 Å². The van der Waals surface area contributed by atoms with E-state index in [-0.39, 0.29) is 11.1 Å². The van der Waals surface area contributed by atoms with Gasteiger partial charge in [-0.05, 0) is 57.2 Å². The summed E-state index contributed by atoms with van der Waals surface area (Å²) in [4.78, 5) is 76.9. The van der Waals surface area contributed by atoms with E-state index in [0.717, 1.165) is 9.91 Å². The number of amides is 4. The van der Waals surface area contributed by atoms with Gasteiger partial charge >= 0.3 is 24.3 Å². The SMILES string of the molecule is CC(=O)N(C)CC(=O)OC(OC(=O)N(C(=O)c1ccc(Cl)cc1)N(C(=O)c1ccccc1)C(C)(C)C)C(=O)O. The highest BCUT2D eigenvalue weighted by Gasteiger charge is 2.43. The van der Waals surface area contributed by atoms with Crippen LogP contribution in [0.2, 0.25) is 5.02 Å². The van der Waals surface area contributed by atoms with Crippen molar-refractivity contribution in [2.45, 2.75) is 39.5 Å². The lowest BCUT2D eigenvalue weighted by Crippen LogP contribution is -2.61. The van der Waals surface area contributed by atoms with E-state index in [0.29, 0.717) is 10.0 Å². The van der Waals surface area contributed by atoms with Crippen LogP contribution in [0, 0.1) is 0 Å². The number of benzene rings is 2. The second-order valence-corrected chi connectivity index (χ2v) is 9.63. The van der Waals surface area contributed by atoms with E-state index in [1.807, 2.05) is 0 Å². The fourth-order valence-corrected chi connectivity index (χ4v) is 3.22. The number of carboxylic acids is 1. The minimum Gasteiger partial charge on any atom is -0.476 e. The van der Waals surface area contributed by atoms with Crippen LogP contribution in [0.25, 0.3) is 0 Å². The number of hydrazine groups is 1. The molecule has 0 saturated carbocycles. The molecule has 0 bridgehead atoms. The Bertz CT molecular complexity index is 1240. The van der Waals surface area contributed by atoms with Gasteiger partial charge in [-0.15, -0.1) is 5.01 Å². The van der Waals surface area contributed by atoms with Crippen LogP contribution < -0.4 is 0 Å². The zero-order valence-electron chi connectivity index (χ0n) is 21.9. The topological polar surface area (TPSA) is 151 Å². The molecule has 0 aliphatic rings. The summed E-state index contributed by atoms with van der Waals surface area (Å²) >= 11 is 5.91. The minimum absolute atomic E-state index is 0.0848. The Hall–Kier alpha value is -4.45. The summed E-state index contributed by atoms with van der Waals surface area (Å²) in [5.41, 5.74) is -1.20. The van der Waals surface area contributed by atoms with E-state index in [4.69, 9.17) is 21.1 Å². The lowest BCUT2D eigenvalue weighted by molar-refractivity contribution is -0.190. The van der Waals surface area contributed by atoms with Gasteiger partial charge in [0.05, 0.1) is 5.54 Å². The molecule has 4 amide bonds. The average molecular weight is 562 g/mol. The number of imide groups is 1. The molecular weight excluding hydrogens is 534 g/mol. The van der Waals surface area contributed by atoms with Gasteiger partial charge in [0.15, 0.2) is 0 Å². The lowest BCUT2D eigenvalue weighted by atomic mass is 10.1. The third-order valence-electron chi connectivity index (χ3n) is 5.06. The molecule has 0 aliphatic carbocycles. The van der Waals surface area contributed by atoms with E-state index in [1.54, 1.807) is 18.2 Å². The fourth-order valence-electron chi connectivity index (χ4n) is 3.10. The largest absolute Gasteiger partial charge is 0.476 e. The van der Waals surface area contributed by atoms with Crippen LogP contribution in [0.4, 0.5) is 4.79 Å². The summed E-state index contributed by atoms with van der Waals surface area (Å²) in [5.74, 6) is -5.41. The molecule has 0 aliphatic heterocycles. The maximum Gasteiger partial charge on any atom is 0.440 e. The maximum atomic E-state index is 13.6. The Kier molecular flexibility index (Phi) is 10.2. The summed E-state index contributed by atoms with van der Waals surface area (Å²) in [7, 11) is 1.27. The zero-order chi connectivity index (χ0) is 29.5. The van der Waals surface area contributed by atoms with Crippen LogP contribution in [-0.4, -0.2) is 81.2 Å². The van der Waals surface area contributed by atoms with Crippen molar-refractivity contribution in [1.29, 1.82) is 0 Å². The van der Waals surface area contributed by atoms with Crippen molar-refractivity contribution in [1.82, 2.24) is 14.9 Å². The number of hydrogen-bond acceptors (Lipinski definition) is 8. The van der Waals surface area contributed by atoms with E-state index in [2.05, 4.69) is 0 Å². The van der Waals surface area contributed by atoms with Crippen LogP contribution in [0.1, 0.15) is 48.4 Å². The highest BCUT2D eigenvalue weighted by Crippen LogP contribution is 2.24. The second-order valence-electron chi connectivity index (χ2n) is 9.20. The van der Waals surface area contributed by atoms with Crippen molar-refractivity contribution in [2.24, 2.45) is 0 Å². The summed E-state index contributed by atoms with van der Waals surface area (Å²) < 4.78 is 9.65. The predicted octanol–water partition coefficient (Wildman–Crippen LogP) is 3.21. The molecule has 0 heterocycles. The molecule has 0 aromatic heterocycles. The van der Waals surface area contributed by atoms with Crippen molar-refractivity contribution in [3.63, 3.8) is 0 Å². The first kappa shape index (κ1) is 30.8. The smallest absolute Gasteiger partial charge is 0.440 e. The van der Waals surface area contributed by atoms with E-state index < -0.39 is 54.1 Å². The molecule has 1 unspecified atom stereocenters. The Morgan fingerprint density at radius 1 is 0.872 bits per heavy atom. The first-order valence-corrected chi connectivity index (χ1v) is 11.9. The third-order valence-corrected chi connectivity index (χ3v) is 5.31. The summed E-state index contributed by atoms with van der Waals surface area (Å²) in [5, 5.41) is 11.0. The van der Waals surface area contributed by atoms with Crippen LogP contribution in [0.5, 0.6) is 0 Å². The van der Waals surface area contributed by atoms with Gasteiger partial charge in [-0.1, -0.05) is 29.8 Å². The molecule has 2 rings (SSSR count). The van der Waals surface area contributed by atoms with Crippen LogP contribution in [0.3, 0.4) is 0 Å². The lowest BCUT2D eigenvalue weighted by Gasteiger charge is -2.41. The molecule has 0 spiro atoms. The fraction of sp³-hybridized carbons (Fsp3) is 0.308. The van der Waals surface area contributed by atoms with Gasteiger partial charge in [-0.2, -0.15) is 0 Å².